The number of ether oxygens (including phenoxy) is 1. The monoisotopic (exact) mass is 318 g/mol. The first kappa shape index (κ1) is 15.7. The van der Waals surface area contributed by atoms with Crippen LogP contribution >= 0.6 is 15.9 Å². The molecule has 4 nitrogen and oxygen atoms in total. The summed E-state index contributed by atoms with van der Waals surface area (Å²) in [5.74, 6) is 0. The minimum Gasteiger partial charge on any atom is -0.393 e. The molecule has 1 unspecified atom stereocenters. The lowest BCUT2D eigenvalue weighted by Gasteiger charge is -2.12. The molecule has 1 atom stereocenters. The van der Waals surface area contributed by atoms with E-state index in [2.05, 4.69) is 34.9 Å². The van der Waals surface area contributed by atoms with Crippen molar-refractivity contribution in [3.63, 3.8) is 0 Å². The number of hydrogen-bond acceptors (Lipinski definition) is 3. The van der Waals surface area contributed by atoms with Crippen molar-refractivity contribution >= 4 is 15.9 Å². The Morgan fingerprint density at radius 2 is 2.11 bits per heavy atom. The van der Waals surface area contributed by atoms with Crippen LogP contribution in [0.4, 0.5) is 0 Å². The summed E-state index contributed by atoms with van der Waals surface area (Å²) in [5, 5.41) is 14.4. The minimum absolute atomic E-state index is 0.375. The van der Waals surface area contributed by atoms with Gasteiger partial charge in [0.2, 0.25) is 0 Å². The number of nitrogens with zero attached hydrogens (tertiary/aromatic N) is 2. The van der Waals surface area contributed by atoms with Crippen LogP contribution in [0.3, 0.4) is 0 Å². The molecule has 5 heteroatoms. The number of aromatic nitrogens is 2. The number of hydrogen-bond donors (Lipinski definition) is 1. The van der Waals surface area contributed by atoms with E-state index >= 15 is 0 Å². The normalized spacial score (nSPS) is 12.9. The zero-order chi connectivity index (χ0) is 13.5. The fraction of sp³-hybridized carbons (Fsp3) is 0.769. The van der Waals surface area contributed by atoms with E-state index in [0.29, 0.717) is 19.4 Å². The summed E-state index contributed by atoms with van der Waals surface area (Å²) in [6.07, 6.45) is 1.92. The summed E-state index contributed by atoms with van der Waals surface area (Å²) < 4.78 is 8.34. The summed E-state index contributed by atoms with van der Waals surface area (Å²) in [5.41, 5.74) is 2.04. The molecule has 0 amide bonds. The summed E-state index contributed by atoms with van der Waals surface area (Å²) in [6.45, 7) is 8.31. The molecule has 0 aromatic carbocycles. The van der Waals surface area contributed by atoms with Gasteiger partial charge in [-0.25, -0.2) is 0 Å². The third-order valence-corrected chi connectivity index (χ3v) is 3.86. The van der Waals surface area contributed by atoms with E-state index < -0.39 is 0 Å². The molecule has 0 radical (unpaired) electrons. The highest BCUT2D eigenvalue weighted by Crippen LogP contribution is 2.22. The van der Waals surface area contributed by atoms with Crippen LogP contribution in [-0.2, 0) is 17.7 Å². The molecule has 104 valence electrons. The zero-order valence-electron chi connectivity index (χ0n) is 11.4. The second kappa shape index (κ2) is 7.92. The van der Waals surface area contributed by atoms with Gasteiger partial charge in [0.15, 0.2) is 0 Å². The van der Waals surface area contributed by atoms with E-state index in [1.165, 1.54) is 0 Å². The highest BCUT2D eigenvalue weighted by molar-refractivity contribution is 9.10. The number of aryl methyl sites for hydroxylation is 2. The molecule has 0 saturated carbocycles. The lowest BCUT2D eigenvalue weighted by atomic mass is 10.1. The summed E-state index contributed by atoms with van der Waals surface area (Å²) >= 11 is 3.54. The Balaban J connectivity index is 2.50. The molecule has 1 heterocycles. The van der Waals surface area contributed by atoms with Crippen LogP contribution in [0.2, 0.25) is 0 Å². The lowest BCUT2D eigenvalue weighted by molar-refractivity contribution is 0.0814. The molecule has 1 aromatic rings. The Kier molecular flexibility index (Phi) is 6.89. The van der Waals surface area contributed by atoms with Crippen LogP contribution < -0.4 is 0 Å². The molecular formula is C13H23BrN2O2. The molecule has 18 heavy (non-hydrogen) atoms. The van der Waals surface area contributed by atoms with Crippen molar-refractivity contribution in [2.75, 3.05) is 13.2 Å². The van der Waals surface area contributed by atoms with E-state index in [-0.39, 0.29) is 6.10 Å². The van der Waals surface area contributed by atoms with Crippen molar-refractivity contribution < 1.29 is 9.84 Å². The quantitative estimate of drug-likeness (QED) is 0.750. The van der Waals surface area contributed by atoms with Gasteiger partial charge in [-0.05, 0) is 42.6 Å². The van der Waals surface area contributed by atoms with Gasteiger partial charge in [-0.15, -0.1) is 0 Å². The second-order valence-corrected chi connectivity index (χ2v) is 5.21. The van der Waals surface area contributed by atoms with E-state index in [1.54, 1.807) is 0 Å². The summed E-state index contributed by atoms with van der Waals surface area (Å²) in [7, 11) is 0. The largest absolute Gasteiger partial charge is 0.393 e. The van der Waals surface area contributed by atoms with Gasteiger partial charge in [-0.2, -0.15) is 5.10 Å². The van der Waals surface area contributed by atoms with Gasteiger partial charge in [-0.3, -0.25) is 4.68 Å². The Bertz CT molecular complexity index is 366. The molecule has 0 fully saturated rings. The number of rotatable bonds is 8. The highest BCUT2D eigenvalue weighted by Gasteiger charge is 2.15. The van der Waals surface area contributed by atoms with Crippen molar-refractivity contribution in [1.82, 2.24) is 9.78 Å². The summed E-state index contributed by atoms with van der Waals surface area (Å²) in [6, 6.07) is 0. The Morgan fingerprint density at radius 3 is 2.72 bits per heavy atom. The Labute approximate surface area is 117 Å². The lowest BCUT2D eigenvalue weighted by Crippen LogP contribution is -2.17. The zero-order valence-corrected chi connectivity index (χ0v) is 13.0. The van der Waals surface area contributed by atoms with Crippen molar-refractivity contribution in [2.24, 2.45) is 0 Å². The summed E-state index contributed by atoms with van der Waals surface area (Å²) in [4.78, 5) is 0. The second-order valence-electron chi connectivity index (χ2n) is 4.42. The van der Waals surface area contributed by atoms with Gasteiger partial charge in [0.05, 0.1) is 22.0 Å². The van der Waals surface area contributed by atoms with Gasteiger partial charge in [0.1, 0.15) is 0 Å². The predicted molar refractivity (Wildman–Crippen MR) is 75.8 cm³/mol. The molecule has 0 aliphatic carbocycles. The molecule has 0 bridgehead atoms. The molecule has 1 rings (SSSR count). The van der Waals surface area contributed by atoms with Crippen molar-refractivity contribution in [3.05, 3.63) is 15.9 Å². The van der Waals surface area contributed by atoms with Gasteiger partial charge >= 0.3 is 0 Å². The van der Waals surface area contributed by atoms with E-state index in [4.69, 9.17) is 4.74 Å². The third-order valence-electron chi connectivity index (χ3n) is 2.83. The van der Waals surface area contributed by atoms with Gasteiger partial charge < -0.3 is 9.84 Å². The average Bonchev–Trinajstić information content (AvgIpc) is 2.62. The predicted octanol–water partition coefficient (Wildman–Crippen LogP) is 2.69. The van der Waals surface area contributed by atoms with Crippen molar-refractivity contribution in [1.29, 1.82) is 0 Å². The van der Waals surface area contributed by atoms with E-state index in [1.807, 2.05) is 11.6 Å². The van der Waals surface area contributed by atoms with Crippen LogP contribution in [-0.4, -0.2) is 34.2 Å². The molecule has 0 aliphatic heterocycles. The molecular weight excluding hydrogens is 296 g/mol. The average molecular weight is 319 g/mol. The maximum atomic E-state index is 10.0. The van der Waals surface area contributed by atoms with Crippen LogP contribution in [0, 0.1) is 6.92 Å². The van der Waals surface area contributed by atoms with E-state index in [9.17, 15) is 5.11 Å². The first-order valence-corrected chi connectivity index (χ1v) is 7.37. The number of aliphatic hydroxyl groups is 1. The van der Waals surface area contributed by atoms with Crippen molar-refractivity contribution in [3.8, 4) is 0 Å². The minimum atomic E-state index is -0.375. The standard InChI is InChI=1S/C13H23BrN2O2/c1-4-7-18-8-6-11(17)9-12-13(14)10(3)15-16(12)5-2/h11,17H,4-9H2,1-3H3. The Hall–Kier alpha value is -0.390. The van der Waals surface area contributed by atoms with Crippen LogP contribution in [0.1, 0.15) is 38.1 Å². The maximum absolute atomic E-state index is 10.0. The number of halogens is 1. The number of aliphatic hydroxyl groups excluding tert-OH is 1. The maximum Gasteiger partial charge on any atom is 0.0738 e. The Morgan fingerprint density at radius 1 is 1.39 bits per heavy atom. The third kappa shape index (κ3) is 4.37. The highest BCUT2D eigenvalue weighted by atomic mass is 79.9. The fourth-order valence-corrected chi connectivity index (χ4v) is 2.30. The smallest absolute Gasteiger partial charge is 0.0738 e. The van der Waals surface area contributed by atoms with Gasteiger partial charge in [0.25, 0.3) is 0 Å². The van der Waals surface area contributed by atoms with Crippen LogP contribution in [0.25, 0.3) is 0 Å². The van der Waals surface area contributed by atoms with Gasteiger partial charge in [0, 0.05) is 26.2 Å². The molecule has 1 N–H and O–H groups in total. The van der Waals surface area contributed by atoms with Gasteiger partial charge in [-0.1, -0.05) is 6.92 Å². The van der Waals surface area contributed by atoms with Crippen LogP contribution in [0.5, 0.6) is 0 Å². The first-order valence-electron chi connectivity index (χ1n) is 6.57. The molecule has 0 aliphatic rings. The fourth-order valence-electron chi connectivity index (χ4n) is 1.86. The first-order chi connectivity index (χ1) is 8.60. The molecule has 0 spiro atoms. The van der Waals surface area contributed by atoms with Crippen molar-refractivity contribution in [2.45, 2.75) is 52.7 Å². The topological polar surface area (TPSA) is 47.3 Å². The molecule has 1 aromatic heterocycles. The SMILES string of the molecule is CCCOCCC(O)Cc1c(Br)c(C)nn1CC. The van der Waals surface area contributed by atoms with Crippen LogP contribution in [0.15, 0.2) is 4.47 Å². The molecule has 0 saturated heterocycles. The van der Waals surface area contributed by atoms with E-state index in [0.717, 1.165) is 35.4 Å².